The number of benzene rings is 1. The van der Waals surface area contributed by atoms with E-state index >= 15 is 0 Å². The monoisotopic (exact) mass is 231 g/mol. The minimum absolute atomic E-state index is 0.683. The van der Waals surface area contributed by atoms with Crippen LogP contribution >= 0.6 is 0 Å². The lowest BCUT2D eigenvalue weighted by Crippen LogP contribution is -2.07. The molecule has 4 nitrogen and oxygen atoms in total. The molecule has 0 spiro atoms. The Morgan fingerprint density at radius 3 is 2.94 bits per heavy atom. The number of nitrogens with one attached hydrogen (secondary N) is 2. The number of methoxy groups -OCH3 is 1. The Kier molecular flexibility index (Phi) is 3.67. The second-order valence-electron chi connectivity index (χ2n) is 3.81. The lowest BCUT2D eigenvalue weighted by atomic mass is 10.1. The van der Waals surface area contributed by atoms with Crippen molar-refractivity contribution in [3.05, 3.63) is 36.5 Å². The summed E-state index contributed by atoms with van der Waals surface area (Å²) in [4.78, 5) is 3.16. The first kappa shape index (κ1) is 11.5. The summed E-state index contributed by atoms with van der Waals surface area (Å²) in [7, 11) is 1.69. The largest absolute Gasteiger partial charge is 0.398 e. The summed E-state index contributed by atoms with van der Waals surface area (Å²) in [5, 5.41) is 3.28. The molecule has 0 amide bonds. The zero-order valence-electron chi connectivity index (χ0n) is 9.86. The van der Waals surface area contributed by atoms with Gasteiger partial charge in [-0.15, -0.1) is 0 Å². The predicted octanol–water partition coefficient (Wildman–Crippen LogP) is 2.32. The van der Waals surface area contributed by atoms with E-state index in [2.05, 4.69) is 10.3 Å². The number of aromatic amines is 1. The molecule has 0 aliphatic heterocycles. The highest BCUT2D eigenvalue weighted by Gasteiger charge is 2.04. The molecular weight excluding hydrogens is 214 g/mol. The predicted molar refractivity (Wildman–Crippen MR) is 71.0 cm³/mol. The summed E-state index contributed by atoms with van der Waals surface area (Å²) in [5.41, 5.74) is 9.81. The van der Waals surface area contributed by atoms with Gasteiger partial charge >= 0.3 is 0 Å². The number of nitrogen functional groups attached to an aromatic ring is 1. The molecule has 0 fully saturated rings. The van der Waals surface area contributed by atoms with Crippen molar-refractivity contribution in [1.29, 1.82) is 0 Å². The quantitative estimate of drug-likeness (QED) is 0.546. The molecule has 2 rings (SSSR count). The molecule has 0 unspecified atom stereocenters. The topological polar surface area (TPSA) is 63.1 Å². The Morgan fingerprint density at radius 2 is 2.24 bits per heavy atom. The number of ether oxygens (including phenoxy) is 1. The molecule has 1 aromatic carbocycles. The summed E-state index contributed by atoms with van der Waals surface area (Å²) in [6.45, 7) is 1.47. The standard InChI is InChI=1S/C13H17N3O/c1-17-8-7-15-10-4-5-12(14)11(9-10)13-3-2-6-16-13/h2-6,9,15-16H,7-8,14H2,1H3. The zero-order valence-corrected chi connectivity index (χ0v) is 9.86. The summed E-state index contributed by atoms with van der Waals surface area (Å²) in [6, 6.07) is 9.88. The molecule has 0 saturated carbocycles. The van der Waals surface area contributed by atoms with Crippen molar-refractivity contribution in [1.82, 2.24) is 4.98 Å². The Bertz CT molecular complexity index is 466. The van der Waals surface area contributed by atoms with Gasteiger partial charge in [0.25, 0.3) is 0 Å². The van der Waals surface area contributed by atoms with Gasteiger partial charge in [-0.25, -0.2) is 0 Å². The van der Waals surface area contributed by atoms with Crippen LogP contribution in [0, 0.1) is 0 Å². The molecule has 1 heterocycles. The molecule has 17 heavy (non-hydrogen) atoms. The molecule has 4 N–H and O–H groups in total. The third-order valence-corrected chi connectivity index (χ3v) is 2.58. The van der Waals surface area contributed by atoms with Gasteiger partial charge in [0.15, 0.2) is 0 Å². The van der Waals surface area contributed by atoms with E-state index in [0.29, 0.717) is 6.61 Å². The first-order valence-electron chi connectivity index (χ1n) is 5.57. The molecule has 1 aromatic heterocycles. The first-order valence-corrected chi connectivity index (χ1v) is 5.57. The van der Waals surface area contributed by atoms with E-state index in [4.69, 9.17) is 10.5 Å². The molecule has 90 valence electrons. The first-order chi connectivity index (χ1) is 8.31. The van der Waals surface area contributed by atoms with Crippen LogP contribution < -0.4 is 11.1 Å². The Hall–Kier alpha value is -1.94. The third kappa shape index (κ3) is 2.79. The number of rotatable bonds is 5. The molecule has 2 aromatic rings. The third-order valence-electron chi connectivity index (χ3n) is 2.58. The maximum Gasteiger partial charge on any atom is 0.0635 e. The van der Waals surface area contributed by atoms with Gasteiger partial charge in [0.1, 0.15) is 0 Å². The molecular formula is C13H17N3O. The average molecular weight is 231 g/mol. The highest BCUT2D eigenvalue weighted by atomic mass is 16.5. The SMILES string of the molecule is COCCNc1ccc(N)c(-c2ccc[nH]2)c1. The summed E-state index contributed by atoms with van der Waals surface area (Å²) in [6.07, 6.45) is 1.89. The maximum atomic E-state index is 5.96. The van der Waals surface area contributed by atoms with Crippen LogP contribution in [0.3, 0.4) is 0 Å². The van der Waals surface area contributed by atoms with Crippen LogP contribution in [0.5, 0.6) is 0 Å². The lowest BCUT2D eigenvalue weighted by molar-refractivity contribution is 0.211. The molecule has 4 heteroatoms. The van der Waals surface area contributed by atoms with Gasteiger partial charge in [-0.3, -0.25) is 0 Å². The normalized spacial score (nSPS) is 10.4. The van der Waals surface area contributed by atoms with Crippen LogP contribution in [-0.2, 0) is 4.74 Å². The van der Waals surface area contributed by atoms with Crippen molar-refractivity contribution >= 4 is 11.4 Å². The number of hydrogen-bond acceptors (Lipinski definition) is 3. The fourth-order valence-corrected chi connectivity index (χ4v) is 1.69. The minimum Gasteiger partial charge on any atom is -0.398 e. The van der Waals surface area contributed by atoms with Gasteiger partial charge in [0.2, 0.25) is 0 Å². The Balaban J connectivity index is 2.18. The van der Waals surface area contributed by atoms with Crippen LogP contribution in [0.15, 0.2) is 36.5 Å². The maximum absolute atomic E-state index is 5.96. The zero-order chi connectivity index (χ0) is 12.1. The van der Waals surface area contributed by atoms with Gasteiger partial charge in [0, 0.05) is 42.5 Å². The number of nitrogens with two attached hydrogens (primary N) is 1. The smallest absolute Gasteiger partial charge is 0.0635 e. The van der Waals surface area contributed by atoms with E-state index in [1.165, 1.54) is 0 Å². The van der Waals surface area contributed by atoms with Crippen molar-refractivity contribution in [2.24, 2.45) is 0 Å². The molecule has 0 saturated heterocycles. The minimum atomic E-state index is 0.683. The van der Waals surface area contributed by atoms with Gasteiger partial charge in [-0.2, -0.15) is 0 Å². The van der Waals surface area contributed by atoms with E-state index in [9.17, 15) is 0 Å². The molecule has 0 bridgehead atoms. The second-order valence-corrected chi connectivity index (χ2v) is 3.81. The van der Waals surface area contributed by atoms with E-state index < -0.39 is 0 Å². The van der Waals surface area contributed by atoms with Gasteiger partial charge in [0.05, 0.1) is 6.61 Å². The van der Waals surface area contributed by atoms with Gasteiger partial charge in [-0.1, -0.05) is 0 Å². The molecule has 0 radical (unpaired) electrons. The second kappa shape index (κ2) is 5.41. The molecule has 0 aliphatic carbocycles. The van der Waals surface area contributed by atoms with E-state index in [0.717, 1.165) is 29.2 Å². The summed E-state index contributed by atoms with van der Waals surface area (Å²) in [5.74, 6) is 0. The highest BCUT2D eigenvalue weighted by molar-refractivity contribution is 5.77. The van der Waals surface area contributed by atoms with E-state index in [1.807, 2.05) is 36.5 Å². The Labute approximate surface area is 101 Å². The Morgan fingerprint density at radius 1 is 1.35 bits per heavy atom. The van der Waals surface area contributed by atoms with E-state index in [1.54, 1.807) is 7.11 Å². The van der Waals surface area contributed by atoms with Crippen molar-refractivity contribution in [3.63, 3.8) is 0 Å². The summed E-state index contributed by atoms with van der Waals surface area (Å²) >= 11 is 0. The average Bonchev–Trinajstić information content (AvgIpc) is 2.85. The van der Waals surface area contributed by atoms with Crippen molar-refractivity contribution in [3.8, 4) is 11.3 Å². The number of hydrogen-bond donors (Lipinski definition) is 3. The highest BCUT2D eigenvalue weighted by Crippen LogP contribution is 2.27. The number of anilines is 2. The molecule has 0 aliphatic rings. The van der Waals surface area contributed by atoms with Gasteiger partial charge in [-0.05, 0) is 30.3 Å². The lowest BCUT2D eigenvalue weighted by Gasteiger charge is -2.09. The van der Waals surface area contributed by atoms with Crippen LogP contribution in [0.4, 0.5) is 11.4 Å². The number of H-pyrrole nitrogens is 1. The fraction of sp³-hybridized carbons (Fsp3) is 0.231. The van der Waals surface area contributed by atoms with Crippen molar-refractivity contribution in [2.45, 2.75) is 0 Å². The van der Waals surface area contributed by atoms with Crippen LogP contribution in [0.2, 0.25) is 0 Å². The molecule has 0 atom stereocenters. The fourth-order valence-electron chi connectivity index (χ4n) is 1.69. The van der Waals surface area contributed by atoms with Crippen molar-refractivity contribution in [2.75, 3.05) is 31.3 Å². The van der Waals surface area contributed by atoms with Crippen LogP contribution in [0.25, 0.3) is 11.3 Å². The van der Waals surface area contributed by atoms with Crippen LogP contribution in [0.1, 0.15) is 0 Å². The van der Waals surface area contributed by atoms with E-state index in [-0.39, 0.29) is 0 Å². The van der Waals surface area contributed by atoms with Crippen molar-refractivity contribution < 1.29 is 4.74 Å². The van der Waals surface area contributed by atoms with Gasteiger partial charge < -0.3 is 20.8 Å². The summed E-state index contributed by atoms with van der Waals surface area (Å²) < 4.78 is 5.00. The number of aromatic nitrogens is 1. The van der Waals surface area contributed by atoms with Crippen LogP contribution in [-0.4, -0.2) is 25.2 Å².